The monoisotopic (exact) mass is 588 g/mol. The summed E-state index contributed by atoms with van der Waals surface area (Å²) in [6.45, 7) is 2.07. The molecule has 7 aromatic rings. The van der Waals surface area contributed by atoms with Crippen LogP contribution in [0.4, 0.5) is 4.79 Å². The van der Waals surface area contributed by atoms with Crippen molar-refractivity contribution in [2.24, 2.45) is 5.92 Å². The molecule has 0 aliphatic carbocycles. The molecule has 1 aliphatic heterocycles. The summed E-state index contributed by atoms with van der Waals surface area (Å²) in [5.74, 6) is 1.53. The van der Waals surface area contributed by atoms with Gasteiger partial charge in [0.1, 0.15) is 0 Å². The highest BCUT2D eigenvalue weighted by atomic mass is 16.5. The molecule has 1 amide bonds. The SMILES string of the molecule is COc1ccc(CCNC(=O)OCC2Cn3c4ccccc4c4c5c[nH]c(O)c5c5c6ccccc6n(c5c43)C2)cc1OC. The summed E-state index contributed by atoms with van der Waals surface area (Å²) < 4.78 is 21.3. The fourth-order valence-electron chi connectivity index (χ4n) is 7.14. The van der Waals surface area contributed by atoms with Crippen molar-refractivity contribution in [2.45, 2.75) is 19.5 Å². The number of carbonyl (C=O) groups excluding carboxylic acids is 1. The second-order valence-corrected chi connectivity index (χ2v) is 11.5. The molecule has 1 aliphatic rings. The maximum Gasteiger partial charge on any atom is 0.407 e. The molecule has 4 aromatic carbocycles. The number of nitrogens with zero attached hydrogens (tertiary/aromatic N) is 2. The van der Waals surface area contributed by atoms with Gasteiger partial charge in [0.2, 0.25) is 0 Å². The normalized spacial score (nSPS) is 14.6. The minimum atomic E-state index is -0.434. The Hall–Kier alpha value is -5.31. The molecule has 0 bridgehead atoms. The van der Waals surface area contributed by atoms with Crippen LogP contribution in [0.2, 0.25) is 0 Å². The summed E-state index contributed by atoms with van der Waals surface area (Å²) in [7, 11) is 3.22. The minimum Gasteiger partial charge on any atom is -0.494 e. The number of aromatic hydroxyl groups is 1. The quantitative estimate of drug-likeness (QED) is 0.192. The molecule has 1 unspecified atom stereocenters. The van der Waals surface area contributed by atoms with Gasteiger partial charge in [-0.25, -0.2) is 4.79 Å². The lowest BCUT2D eigenvalue weighted by Crippen LogP contribution is -2.30. The molecule has 9 nitrogen and oxygen atoms in total. The zero-order chi connectivity index (χ0) is 29.9. The van der Waals surface area contributed by atoms with Crippen molar-refractivity contribution in [3.63, 3.8) is 0 Å². The minimum absolute atomic E-state index is 0.0199. The highest BCUT2D eigenvalue weighted by Crippen LogP contribution is 2.48. The summed E-state index contributed by atoms with van der Waals surface area (Å²) in [6.07, 6.45) is 2.12. The van der Waals surface area contributed by atoms with Gasteiger partial charge < -0.3 is 38.8 Å². The van der Waals surface area contributed by atoms with Crippen molar-refractivity contribution in [3.8, 4) is 17.4 Å². The number of carbonyl (C=O) groups is 1. The highest BCUT2D eigenvalue weighted by molar-refractivity contribution is 6.36. The van der Waals surface area contributed by atoms with Crippen LogP contribution in [-0.4, -0.2) is 52.7 Å². The molecule has 1 atom stereocenters. The number of rotatable bonds is 7. The second kappa shape index (κ2) is 10.2. The Morgan fingerprint density at radius 1 is 0.864 bits per heavy atom. The van der Waals surface area contributed by atoms with Crippen LogP contribution in [0.25, 0.3) is 54.4 Å². The lowest BCUT2D eigenvalue weighted by molar-refractivity contribution is 0.119. The predicted molar refractivity (Wildman–Crippen MR) is 172 cm³/mol. The van der Waals surface area contributed by atoms with Crippen LogP contribution in [0.15, 0.2) is 72.9 Å². The molecule has 0 radical (unpaired) electrons. The average molecular weight is 589 g/mol. The maximum absolute atomic E-state index is 12.8. The number of alkyl carbamates (subject to hydrolysis) is 1. The van der Waals surface area contributed by atoms with E-state index in [0.29, 0.717) is 37.6 Å². The first kappa shape index (κ1) is 26.3. The molecule has 9 heteroatoms. The van der Waals surface area contributed by atoms with Crippen LogP contribution in [0.5, 0.6) is 17.4 Å². The predicted octanol–water partition coefficient (Wildman–Crippen LogP) is 6.71. The summed E-state index contributed by atoms with van der Waals surface area (Å²) >= 11 is 0. The number of H-pyrrole nitrogens is 1. The van der Waals surface area contributed by atoms with E-state index in [1.54, 1.807) is 14.2 Å². The summed E-state index contributed by atoms with van der Waals surface area (Å²) in [5.41, 5.74) is 5.49. The standard InChI is InChI=1S/C35H32N4O5/c1-42-27-12-11-20(15-28(27)43-2)13-14-36-35(41)44-19-21-17-38-25-9-5-3-7-22(25)29-24-16-37-34(40)31(24)30-23-8-4-6-10-26(23)39(18-21)33(30)32(29)38/h3-12,15-16,21,37,40H,13-14,17-19H2,1-2H3,(H,36,41). The van der Waals surface area contributed by atoms with Gasteiger partial charge in [-0.05, 0) is 36.2 Å². The number of fused-ring (bicyclic) bond motifs is 9. The summed E-state index contributed by atoms with van der Waals surface area (Å²) in [4.78, 5) is 15.9. The number of aromatic nitrogens is 3. The van der Waals surface area contributed by atoms with E-state index < -0.39 is 6.09 Å². The van der Waals surface area contributed by atoms with Gasteiger partial charge >= 0.3 is 6.09 Å². The molecule has 0 saturated carbocycles. The van der Waals surface area contributed by atoms with Gasteiger partial charge in [-0.2, -0.15) is 0 Å². The first-order valence-electron chi connectivity index (χ1n) is 14.8. The largest absolute Gasteiger partial charge is 0.494 e. The Labute approximate surface area is 252 Å². The van der Waals surface area contributed by atoms with Crippen LogP contribution in [-0.2, 0) is 24.2 Å². The first-order chi connectivity index (χ1) is 21.6. The Bertz CT molecular complexity index is 2240. The summed E-state index contributed by atoms with van der Waals surface area (Å²) in [5, 5.41) is 20.2. The van der Waals surface area contributed by atoms with Gasteiger partial charge in [-0.15, -0.1) is 0 Å². The number of benzene rings is 4. The van der Waals surface area contributed by atoms with Crippen molar-refractivity contribution < 1.29 is 24.1 Å². The molecular weight excluding hydrogens is 556 g/mol. The lowest BCUT2D eigenvalue weighted by atomic mass is 10.0. The molecule has 3 aromatic heterocycles. The number of aromatic amines is 1. The molecule has 44 heavy (non-hydrogen) atoms. The molecule has 3 N–H and O–H groups in total. The highest BCUT2D eigenvalue weighted by Gasteiger charge is 2.29. The van der Waals surface area contributed by atoms with Crippen molar-refractivity contribution in [3.05, 3.63) is 78.5 Å². The van der Waals surface area contributed by atoms with E-state index in [2.05, 4.69) is 55.8 Å². The zero-order valence-electron chi connectivity index (χ0n) is 24.5. The Kier molecular flexibility index (Phi) is 6.08. The van der Waals surface area contributed by atoms with Crippen LogP contribution in [0, 0.1) is 5.92 Å². The van der Waals surface area contributed by atoms with E-state index in [1.807, 2.05) is 36.5 Å². The topological polar surface area (TPSA) is 103 Å². The third-order valence-electron chi connectivity index (χ3n) is 9.01. The van der Waals surface area contributed by atoms with E-state index in [0.717, 1.165) is 59.9 Å². The fourth-order valence-corrected chi connectivity index (χ4v) is 7.14. The first-order valence-corrected chi connectivity index (χ1v) is 14.8. The molecule has 4 heterocycles. The fraction of sp³-hybridized carbons (Fsp3) is 0.229. The van der Waals surface area contributed by atoms with E-state index in [4.69, 9.17) is 14.2 Å². The van der Waals surface area contributed by atoms with Crippen molar-refractivity contribution in [1.82, 2.24) is 19.4 Å². The zero-order valence-corrected chi connectivity index (χ0v) is 24.5. The van der Waals surface area contributed by atoms with E-state index in [1.165, 1.54) is 0 Å². The van der Waals surface area contributed by atoms with Crippen LogP contribution < -0.4 is 14.8 Å². The number of para-hydroxylation sites is 2. The number of nitrogens with one attached hydrogen (secondary N) is 2. The van der Waals surface area contributed by atoms with E-state index in [-0.39, 0.29) is 18.4 Å². The molecule has 8 rings (SSSR count). The third kappa shape index (κ3) is 3.88. The second-order valence-electron chi connectivity index (χ2n) is 11.5. The Morgan fingerprint density at radius 2 is 1.52 bits per heavy atom. The number of hydrogen-bond acceptors (Lipinski definition) is 5. The Balaban J connectivity index is 1.12. The van der Waals surface area contributed by atoms with Crippen molar-refractivity contribution in [1.29, 1.82) is 0 Å². The molecular formula is C35H32N4O5. The number of hydrogen-bond donors (Lipinski definition) is 3. The maximum atomic E-state index is 12.8. The van der Waals surface area contributed by atoms with E-state index >= 15 is 0 Å². The smallest absolute Gasteiger partial charge is 0.407 e. The molecule has 222 valence electrons. The third-order valence-corrected chi connectivity index (χ3v) is 9.01. The van der Waals surface area contributed by atoms with Crippen molar-refractivity contribution in [2.75, 3.05) is 27.4 Å². The molecule has 0 fully saturated rings. The van der Waals surface area contributed by atoms with Crippen LogP contribution >= 0.6 is 0 Å². The summed E-state index contributed by atoms with van der Waals surface area (Å²) in [6, 6.07) is 22.5. The van der Waals surface area contributed by atoms with Gasteiger partial charge in [0.05, 0.1) is 37.2 Å². The van der Waals surface area contributed by atoms with Crippen LogP contribution in [0.1, 0.15) is 5.56 Å². The van der Waals surface area contributed by atoms with Crippen LogP contribution in [0.3, 0.4) is 0 Å². The number of ether oxygens (including phenoxy) is 3. The number of methoxy groups -OCH3 is 2. The van der Waals surface area contributed by atoms with Gasteiger partial charge in [0.15, 0.2) is 17.4 Å². The Morgan fingerprint density at radius 3 is 2.23 bits per heavy atom. The number of amides is 1. The lowest BCUT2D eigenvalue weighted by Gasteiger charge is -2.18. The van der Waals surface area contributed by atoms with Gasteiger partial charge in [-0.3, -0.25) is 0 Å². The van der Waals surface area contributed by atoms with Gasteiger partial charge in [0.25, 0.3) is 0 Å². The average Bonchev–Trinajstić information content (AvgIpc) is 3.65. The van der Waals surface area contributed by atoms with Crippen molar-refractivity contribution >= 4 is 60.5 Å². The van der Waals surface area contributed by atoms with Gasteiger partial charge in [-0.1, -0.05) is 42.5 Å². The molecule has 0 spiro atoms. The van der Waals surface area contributed by atoms with Gasteiger partial charge in [0, 0.05) is 69.7 Å². The van der Waals surface area contributed by atoms with E-state index in [9.17, 15) is 9.90 Å². The molecule has 0 saturated heterocycles.